The van der Waals surface area contributed by atoms with Gasteiger partial charge < -0.3 is 27.9 Å². The zero-order chi connectivity index (χ0) is 49.0. The minimum absolute atomic E-state index is 0.0263. The average Bonchev–Trinajstić information content (AvgIpc) is 3.29. The SMILES string of the molecule is CCCCCCC/C=C\C/C=C\CCCCCCCCCCCCCC(=O)OC(COCCCCCCCCCCCC/C=C\CCCCCCCCCC)COP(=O)([O-])OCC[N+](C)(C)C. The van der Waals surface area contributed by atoms with E-state index in [-0.39, 0.29) is 25.8 Å². The zero-order valence-electron chi connectivity index (χ0n) is 45.1. The van der Waals surface area contributed by atoms with Crippen LogP contribution in [0.15, 0.2) is 36.5 Å². The first-order valence-electron chi connectivity index (χ1n) is 28.7. The number of esters is 1. The first-order valence-corrected chi connectivity index (χ1v) is 30.2. The molecule has 0 bridgehead atoms. The number of hydrogen-bond donors (Lipinski definition) is 0. The summed E-state index contributed by atoms with van der Waals surface area (Å²) in [6, 6.07) is 0. The van der Waals surface area contributed by atoms with Crippen molar-refractivity contribution >= 4 is 13.8 Å². The quantitative estimate of drug-likeness (QED) is 0.0197. The number of carbonyl (C=O) groups is 1. The molecule has 0 aliphatic heterocycles. The standard InChI is InChI=1S/C58H112NO7P/c1-6-8-10-12-14-16-18-20-22-24-26-28-30-31-33-35-37-39-41-43-45-47-49-51-58(60)66-57(56-65-67(61,62)64-54-52-59(3,4)5)55-63-53-50-48-46-44-42-40-38-36-34-32-29-27-25-23-21-19-17-15-13-11-9-7-2/h18,20,24-27,57H,6-17,19,21-23,28-56H2,1-5H3/b20-18-,26-24-,27-25-. The van der Waals surface area contributed by atoms with Crippen molar-refractivity contribution in [2.24, 2.45) is 0 Å². The number of phosphoric ester groups is 1. The largest absolute Gasteiger partial charge is 0.756 e. The number of unbranched alkanes of at least 4 members (excludes halogenated alkanes) is 34. The summed E-state index contributed by atoms with van der Waals surface area (Å²) in [7, 11) is 1.36. The number of likely N-dealkylation sites (N-methyl/N-ethyl adjacent to an activating group) is 1. The highest BCUT2D eigenvalue weighted by molar-refractivity contribution is 7.45. The van der Waals surface area contributed by atoms with Crippen LogP contribution in [-0.4, -0.2) is 70.7 Å². The van der Waals surface area contributed by atoms with E-state index in [0.29, 0.717) is 24.1 Å². The van der Waals surface area contributed by atoms with Crippen molar-refractivity contribution in [2.75, 3.05) is 54.1 Å². The van der Waals surface area contributed by atoms with Crippen LogP contribution in [0.5, 0.6) is 0 Å². The molecule has 0 fully saturated rings. The molecule has 0 saturated carbocycles. The molecule has 0 amide bonds. The summed E-state index contributed by atoms with van der Waals surface area (Å²) in [6.45, 7) is 5.45. The van der Waals surface area contributed by atoms with Gasteiger partial charge in [0.05, 0.1) is 34.4 Å². The van der Waals surface area contributed by atoms with Gasteiger partial charge in [-0.1, -0.05) is 230 Å². The Morgan fingerprint density at radius 3 is 1.22 bits per heavy atom. The van der Waals surface area contributed by atoms with Crippen LogP contribution in [0.3, 0.4) is 0 Å². The van der Waals surface area contributed by atoms with Crippen LogP contribution < -0.4 is 4.89 Å². The van der Waals surface area contributed by atoms with Gasteiger partial charge in [-0.3, -0.25) is 9.36 Å². The number of phosphoric acid groups is 1. The molecule has 0 aromatic rings. The summed E-state index contributed by atoms with van der Waals surface area (Å²) in [5.41, 5.74) is 0. The molecule has 0 rings (SSSR count). The smallest absolute Gasteiger partial charge is 0.306 e. The van der Waals surface area contributed by atoms with E-state index in [9.17, 15) is 14.3 Å². The first kappa shape index (κ1) is 65.7. The average molecular weight is 967 g/mol. The van der Waals surface area contributed by atoms with E-state index < -0.39 is 13.9 Å². The summed E-state index contributed by atoms with van der Waals surface area (Å²) >= 11 is 0. The molecule has 2 atom stereocenters. The van der Waals surface area contributed by atoms with Gasteiger partial charge in [0.15, 0.2) is 0 Å². The second-order valence-corrected chi connectivity index (χ2v) is 22.1. The molecule has 0 aliphatic rings. The van der Waals surface area contributed by atoms with Crippen LogP contribution in [0.25, 0.3) is 0 Å². The van der Waals surface area contributed by atoms with Gasteiger partial charge in [-0.15, -0.1) is 0 Å². The number of carbonyl (C=O) groups excluding carboxylic acids is 1. The van der Waals surface area contributed by atoms with Crippen LogP contribution in [-0.2, 0) is 27.9 Å². The third kappa shape index (κ3) is 55.5. The lowest BCUT2D eigenvalue weighted by Crippen LogP contribution is -2.37. The van der Waals surface area contributed by atoms with Gasteiger partial charge in [0.2, 0.25) is 0 Å². The molecule has 8 nitrogen and oxygen atoms in total. The van der Waals surface area contributed by atoms with Crippen molar-refractivity contribution < 1.29 is 37.3 Å². The lowest BCUT2D eigenvalue weighted by Gasteiger charge is -2.28. The monoisotopic (exact) mass is 966 g/mol. The zero-order valence-corrected chi connectivity index (χ0v) is 46.0. The number of hydrogen-bond acceptors (Lipinski definition) is 7. The number of allylic oxidation sites excluding steroid dienone is 6. The van der Waals surface area contributed by atoms with Crippen molar-refractivity contribution in [3.63, 3.8) is 0 Å². The highest BCUT2D eigenvalue weighted by atomic mass is 31.2. The lowest BCUT2D eigenvalue weighted by atomic mass is 10.0. The van der Waals surface area contributed by atoms with Crippen LogP contribution in [0.2, 0.25) is 0 Å². The summed E-state index contributed by atoms with van der Waals surface area (Å²) in [4.78, 5) is 25.3. The molecule has 0 spiro atoms. The first-order chi connectivity index (χ1) is 32.6. The van der Waals surface area contributed by atoms with Crippen molar-refractivity contribution in [3.8, 4) is 0 Å². The van der Waals surface area contributed by atoms with Gasteiger partial charge >= 0.3 is 5.97 Å². The summed E-state index contributed by atoms with van der Waals surface area (Å²) < 4.78 is 34.9. The van der Waals surface area contributed by atoms with E-state index in [1.807, 2.05) is 21.1 Å². The molecule has 0 aromatic carbocycles. The fourth-order valence-electron chi connectivity index (χ4n) is 8.22. The third-order valence-electron chi connectivity index (χ3n) is 12.7. The molecule has 0 saturated heterocycles. The van der Waals surface area contributed by atoms with Gasteiger partial charge in [0.1, 0.15) is 19.3 Å². The Morgan fingerprint density at radius 1 is 0.463 bits per heavy atom. The lowest BCUT2D eigenvalue weighted by molar-refractivity contribution is -0.870. The summed E-state index contributed by atoms with van der Waals surface area (Å²) in [5, 5.41) is 0. The van der Waals surface area contributed by atoms with E-state index in [2.05, 4.69) is 50.3 Å². The predicted molar refractivity (Wildman–Crippen MR) is 287 cm³/mol. The Labute approximate surface area is 416 Å². The molecule has 9 heteroatoms. The van der Waals surface area contributed by atoms with Gasteiger partial charge in [-0.05, 0) is 70.6 Å². The normalized spacial score (nSPS) is 13.7. The maximum Gasteiger partial charge on any atom is 0.306 e. The minimum atomic E-state index is -4.53. The molecular formula is C58H112NO7P. The van der Waals surface area contributed by atoms with E-state index in [4.69, 9.17) is 18.5 Å². The minimum Gasteiger partial charge on any atom is -0.756 e. The van der Waals surface area contributed by atoms with Crippen LogP contribution in [0.4, 0.5) is 0 Å². The van der Waals surface area contributed by atoms with E-state index in [1.165, 1.54) is 212 Å². The van der Waals surface area contributed by atoms with Gasteiger partial charge in [-0.25, -0.2) is 0 Å². The Balaban J connectivity index is 4.07. The highest BCUT2D eigenvalue weighted by Gasteiger charge is 2.20. The Hall–Kier alpha value is -1.28. The number of ether oxygens (including phenoxy) is 2. The van der Waals surface area contributed by atoms with Crippen molar-refractivity contribution in [1.29, 1.82) is 0 Å². The third-order valence-corrected chi connectivity index (χ3v) is 13.6. The molecule has 0 aliphatic carbocycles. The summed E-state index contributed by atoms with van der Waals surface area (Å²) in [5.74, 6) is -0.333. The second-order valence-electron chi connectivity index (χ2n) is 20.6. The fraction of sp³-hybridized carbons (Fsp3) is 0.879. The fourth-order valence-corrected chi connectivity index (χ4v) is 8.95. The number of nitrogens with zero attached hydrogens (tertiary/aromatic N) is 1. The molecule has 2 unspecified atom stereocenters. The molecular weight excluding hydrogens is 854 g/mol. The van der Waals surface area contributed by atoms with Gasteiger partial charge in [0.25, 0.3) is 7.82 Å². The molecule has 0 N–H and O–H groups in total. The molecule has 0 radical (unpaired) electrons. The maximum atomic E-state index is 12.8. The van der Waals surface area contributed by atoms with Crippen LogP contribution in [0.1, 0.15) is 271 Å². The van der Waals surface area contributed by atoms with Crippen molar-refractivity contribution in [1.82, 2.24) is 0 Å². The van der Waals surface area contributed by atoms with Crippen LogP contribution >= 0.6 is 7.82 Å². The molecule has 0 heterocycles. The number of quaternary nitrogens is 1. The Bertz CT molecular complexity index is 1170. The van der Waals surface area contributed by atoms with Gasteiger partial charge in [0, 0.05) is 13.0 Å². The van der Waals surface area contributed by atoms with E-state index >= 15 is 0 Å². The Morgan fingerprint density at radius 2 is 0.821 bits per heavy atom. The second kappa shape index (κ2) is 51.1. The molecule has 0 aromatic heterocycles. The number of rotatable bonds is 54. The summed E-state index contributed by atoms with van der Waals surface area (Å²) in [6.07, 6.45) is 63.2. The van der Waals surface area contributed by atoms with Gasteiger partial charge in [-0.2, -0.15) is 0 Å². The Kier molecular flexibility index (Phi) is 50.1. The molecule has 67 heavy (non-hydrogen) atoms. The van der Waals surface area contributed by atoms with E-state index in [1.54, 1.807) is 0 Å². The van der Waals surface area contributed by atoms with Crippen molar-refractivity contribution in [2.45, 2.75) is 277 Å². The maximum absolute atomic E-state index is 12.8. The predicted octanol–water partition coefficient (Wildman–Crippen LogP) is 17.4. The van der Waals surface area contributed by atoms with E-state index in [0.717, 1.165) is 38.5 Å². The van der Waals surface area contributed by atoms with Crippen LogP contribution in [0, 0.1) is 0 Å². The molecule has 396 valence electrons. The topological polar surface area (TPSA) is 94.1 Å². The highest BCUT2D eigenvalue weighted by Crippen LogP contribution is 2.38. The van der Waals surface area contributed by atoms with Crippen molar-refractivity contribution in [3.05, 3.63) is 36.5 Å².